The van der Waals surface area contributed by atoms with Crippen molar-refractivity contribution in [1.82, 2.24) is 9.80 Å². The smallest absolute Gasteiger partial charge is 0.320 e. The second kappa shape index (κ2) is 6.23. The van der Waals surface area contributed by atoms with Crippen LogP contribution in [0.3, 0.4) is 0 Å². The molecule has 0 aromatic heterocycles. The van der Waals surface area contributed by atoms with E-state index in [9.17, 15) is 14.7 Å². The average molecular weight is 274 g/mol. The molecule has 112 valence electrons. The van der Waals surface area contributed by atoms with Gasteiger partial charge in [-0.05, 0) is 34.6 Å². The van der Waals surface area contributed by atoms with Crippen LogP contribution in [0, 0.1) is 0 Å². The fourth-order valence-electron chi connectivity index (χ4n) is 1.78. The number of amides is 2. The van der Waals surface area contributed by atoms with E-state index in [0.717, 1.165) is 0 Å². The number of hydrogen-bond donors (Lipinski definition) is 2. The summed E-state index contributed by atoms with van der Waals surface area (Å²) in [6.45, 7) is 9.13. The zero-order valence-corrected chi connectivity index (χ0v) is 12.7. The second-order valence-corrected chi connectivity index (χ2v) is 6.42. The summed E-state index contributed by atoms with van der Waals surface area (Å²) in [6.07, 6.45) is -0.0978. The van der Waals surface area contributed by atoms with Crippen molar-refractivity contribution in [1.29, 1.82) is 0 Å². The number of carboxylic acid groups (broad SMARTS) is 1. The number of carbonyl (C=O) groups excluding carboxylic acids is 1. The van der Waals surface area contributed by atoms with Crippen LogP contribution in [0.4, 0.5) is 4.79 Å². The topological polar surface area (TPSA) is 81.1 Å². The largest absolute Gasteiger partial charge is 0.481 e. The fourth-order valence-corrected chi connectivity index (χ4v) is 1.78. The Morgan fingerprint density at radius 3 is 1.89 bits per heavy atom. The first-order valence-electron chi connectivity index (χ1n) is 6.31. The predicted octanol–water partition coefficient (Wildman–Crippen LogP) is 1.38. The number of carbonyl (C=O) groups is 2. The number of aliphatic hydroxyl groups is 1. The Kier molecular flexibility index (Phi) is 5.81. The first-order chi connectivity index (χ1) is 8.34. The monoisotopic (exact) mass is 274 g/mol. The Morgan fingerprint density at radius 1 is 1.11 bits per heavy atom. The molecule has 2 N–H and O–H groups in total. The van der Waals surface area contributed by atoms with Gasteiger partial charge >= 0.3 is 12.0 Å². The van der Waals surface area contributed by atoms with Crippen LogP contribution >= 0.6 is 0 Å². The second-order valence-electron chi connectivity index (χ2n) is 6.42. The van der Waals surface area contributed by atoms with E-state index in [1.807, 2.05) is 20.8 Å². The number of rotatable bonds is 5. The van der Waals surface area contributed by atoms with Crippen LogP contribution < -0.4 is 0 Å². The number of urea groups is 1. The number of carboxylic acids is 1. The van der Waals surface area contributed by atoms with Crippen LogP contribution in [0.25, 0.3) is 0 Å². The molecule has 0 aliphatic carbocycles. The Balaban J connectivity index is 4.86. The molecule has 0 heterocycles. The van der Waals surface area contributed by atoms with E-state index in [1.54, 1.807) is 20.9 Å². The van der Waals surface area contributed by atoms with Gasteiger partial charge in [-0.1, -0.05) is 0 Å². The minimum atomic E-state index is -0.985. The molecule has 0 aromatic carbocycles. The summed E-state index contributed by atoms with van der Waals surface area (Å²) in [7, 11) is 1.60. The first-order valence-corrected chi connectivity index (χ1v) is 6.31. The summed E-state index contributed by atoms with van der Waals surface area (Å²) in [5.74, 6) is -0.938. The molecule has 0 aliphatic heterocycles. The van der Waals surface area contributed by atoms with Crippen molar-refractivity contribution in [2.24, 2.45) is 0 Å². The Bertz CT molecular complexity index is 329. The third-order valence-electron chi connectivity index (χ3n) is 2.54. The minimum absolute atomic E-state index is 0.0978. The highest BCUT2D eigenvalue weighted by Crippen LogP contribution is 2.17. The number of aliphatic carboxylic acids is 1. The van der Waals surface area contributed by atoms with Gasteiger partial charge in [0.25, 0.3) is 0 Å². The quantitative estimate of drug-likeness (QED) is 0.793. The normalized spacial score (nSPS) is 12.2. The molecule has 0 saturated carbocycles. The van der Waals surface area contributed by atoms with Gasteiger partial charge in [0.15, 0.2) is 0 Å². The molecular formula is C13H26N2O4. The Hall–Kier alpha value is -1.30. The predicted molar refractivity (Wildman–Crippen MR) is 73.0 cm³/mol. The molecule has 0 fully saturated rings. The highest BCUT2D eigenvalue weighted by Gasteiger charge is 2.30. The lowest BCUT2D eigenvalue weighted by atomic mass is 10.1. The van der Waals surface area contributed by atoms with Crippen molar-refractivity contribution < 1.29 is 19.8 Å². The van der Waals surface area contributed by atoms with Gasteiger partial charge in [0.2, 0.25) is 0 Å². The highest BCUT2D eigenvalue weighted by atomic mass is 16.4. The lowest BCUT2D eigenvalue weighted by molar-refractivity contribution is -0.137. The van der Waals surface area contributed by atoms with E-state index in [2.05, 4.69) is 0 Å². The summed E-state index contributed by atoms with van der Waals surface area (Å²) < 4.78 is 0. The molecule has 0 spiro atoms. The zero-order chi connectivity index (χ0) is 15.4. The summed E-state index contributed by atoms with van der Waals surface area (Å²) in [4.78, 5) is 25.9. The molecule has 0 rings (SSSR count). The molecule has 19 heavy (non-hydrogen) atoms. The van der Waals surface area contributed by atoms with E-state index < -0.39 is 17.1 Å². The van der Waals surface area contributed by atoms with E-state index >= 15 is 0 Å². The lowest BCUT2D eigenvalue weighted by Crippen LogP contribution is -2.53. The standard InChI is InChI=1S/C13H26N2O4/c1-12(2,3)15(8-7-10(16)17)11(18)14(6)9-13(4,5)19/h19H,7-9H2,1-6H3,(H,16,17). The number of likely N-dealkylation sites (N-methyl/N-ethyl adjacent to an activating group) is 1. The van der Waals surface area contributed by atoms with Crippen molar-refractivity contribution in [3.63, 3.8) is 0 Å². The molecule has 0 bridgehead atoms. The average Bonchev–Trinajstić information content (AvgIpc) is 2.11. The number of hydrogen-bond acceptors (Lipinski definition) is 3. The fraction of sp³-hybridized carbons (Fsp3) is 0.846. The van der Waals surface area contributed by atoms with Crippen LogP contribution in [0.2, 0.25) is 0 Å². The highest BCUT2D eigenvalue weighted by molar-refractivity contribution is 5.76. The van der Waals surface area contributed by atoms with E-state index in [1.165, 1.54) is 9.80 Å². The Morgan fingerprint density at radius 2 is 1.58 bits per heavy atom. The first kappa shape index (κ1) is 17.7. The van der Waals surface area contributed by atoms with Crippen LogP contribution in [0.15, 0.2) is 0 Å². The SMILES string of the molecule is CN(CC(C)(C)O)C(=O)N(CCC(=O)O)C(C)(C)C. The summed E-state index contributed by atoms with van der Waals surface area (Å²) >= 11 is 0. The van der Waals surface area contributed by atoms with Crippen LogP contribution in [-0.2, 0) is 4.79 Å². The Labute approximate surface area is 115 Å². The third-order valence-corrected chi connectivity index (χ3v) is 2.54. The maximum absolute atomic E-state index is 12.3. The molecule has 0 aromatic rings. The molecule has 0 saturated heterocycles. The van der Waals surface area contributed by atoms with E-state index in [4.69, 9.17) is 5.11 Å². The van der Waals surface area contributed by atoms with Gasteiger partial charge in [0.05, 0.1) is 18.6 Å². The molecule has 2 amide bonds. The van der Waals surface area contributed by atoms with Gasteiger partial charge in [-0.25, -0.2) is 4.79 Å². The zero-order valence-electron chi connectivity index (χ0n) is 12.7. The van der Waals surface area contributed by atoms with Crippen LogP contribution in [0.5, 0.6) is 0 Å². The van der Waals surface area contributed by atoms with Gasteiger partial charge in [0.1, 0.15) is 0 Å². The van der Waals surface area contributed by atoms with Crippen molar-refractivity contribution in [3.05, 3.63) is 0 Å². The molecule has 0 aliphatic rings. The minimum Gasteiger partial charge on any atom is -0.481 e. The third kappa shape index (κ3) is 7.00. The summed E-state index contributed by atoms with van der Waals surface area (Å²) in [5, 5.41) is 18.5. The van der Waals surface area contributed by atoms with E-state index in [0.29, 0.717) is 0 Å². The summed E-state index contributed by atoms with van der Waals surface area (Å²) in [5.41, 5.74) is -1.46. The van der Waals surface area contributed by atoms with Crippen LogP contribution in [-0.4, -0.2) is 63.3 Å². The van der Waals surface area contributed by atoms with Crippen molar-refractivity contribution in [2.75, 3.05) is 20.1 Å². The van der Waals surface area contributed by atoms with Gasteiger partial charge in [-0.3, -0.25) is 4.79 Å². The molecule has 0 radical (unpaired) electrons. The lowest BCUT2D eigenvalue weighted by Gasteiger charge is -2.39. The van der Waals surface area contributed by atoms with Crippen molar-refractivity contribution in [3.8, 4) is 0 Å². The van der Waals surface area contributed by atoms with Crippen molar-refractivity contribution >= 4 is 12.0 Å². The molecule has 6 heteroatoms. The summed E-state index contributed by atoms with van der Waals surface area (Å²) in [6, 6.07) is -0.282. The van der Waals surface area contributed by atoms with E-state index in [-0.39, 0.29) is 25.5 Å². The van der Waals surface area contributed by atoms with Gasteiger partial charge in [-0.15, -0.1) is 0 Å². The van der Waals surface area contributed by atoms with Gasteiger partial charge in [-0.2, -0.15) is 0 Å². The van der Waals surface area contributed by atoms with Gasteiger partial charge in [0, 0.05) is 19.1 Å². The maximum atomic E-state index is 12.3. The maximum Gasteiger partial charge on any atom is 0.320 e. The van der Waals surface area contributed by atoms with Crippen molar-refractivity contribution in [2.45, 2.75) is 52.2 Å². The molecule has 0 atom stereocenters. The number of nitrogens with zero attached hydrogens (tertiary/aromatic N) is 2. The molecular weight excluding hydrogens is 248 g/mol. The van der Waals surface area contributed by atoms with Crippen LogP contribution in [0.1, 0.15) is 41.0 Å². The van der Waals surface area contributed by atoms with Gasteiger partial charge < -0.3 is 20.0 Å². The molecule has 6 nitrogen and oxygen atoms in total. The molecule has 0 unspecified atom stereocenters.